The number of nitrogens with one attached hydrogen (secondary N) is 2. The van der Waals surface area contributed by atoms with Crippen molar-refractivity contribution in [1.29, 1.82) is 0 Å². The minimum absolute atomic E-state index is 0.0581. The molecule has 0 fully saturated rings. The molecule has 3 N–H and O–H groups in total. The van der Waals surface area contributed by atoms with E-state index < -0.39 is 17.7 Å². The van der Waals surface area contributed by atoms with Crippen LogP contribution >= 0.6 is 0 Å². The third kappa shape index (κ3) is 2.86. The summed E-state index contributed by atoms with van der Waals surface area (Å²) >= 11 is 0. The van der Waals surface area contributed by atoms with Crippen molar-refractivity contribution < 1.29 is 23.8 Å². The topological polar surface area (TPSA) is 91.4 Å². The molecule has 0 unspecified atom stereocenters. The van der Waals surface area contributed by atoms with Gasteiger partial charge in [0, 0.05) is 18.0 Å². The highest BCUT2D eigenvalue weighted by molar-refractivity contribution is 6.08. The number of carbonyl (C=O) groups excluding carboxylic acids is 1. The van der Waals surface area contributed by atoms with Crippen LogP contribution in [0.25, 0.3) is 0 Å². The summed E-state index contributed by atoms with van der Waals surface area (Å²) in [4.78, 5) is 25.8. The zero-order valence-corrected chi connectivity index (χ0v) is 11.4. The monoisotopic (exact) mass is 292 g/mol. The summed E-state index contributed by atoms with van der Waals surface area (Å²) < 4.78 is 18.6. The predicted molar refractivity (Wildman–Crippen MR) is 73.4 cm³/mol. The minimum atomic E-state index is -1.18. The van der Waals surface area contributed by atoms with Gasteiger partial charge in [0.2, 0.25) is 0 Å². The molecule has 7 heteroatoms. The maximum atomic E-state index is 13.8. The first-order chi connectivity index (χ1) is 9.93. The number of carboxylic acid groups (broad SMARTS) is 1. The number of benzene rings is 1. The number of carboxylic acids is 1. The van der Waals surface area contributed by atoms with Gasteiger partial charge in [0.1, 0.15) is 17.1 Å². The Morgan fingerprint density at radius 1 is 1.38 bits per heavy atom. The Balaban J connectivity index is 2.28. The second-order valence-corrected chi connectivity index (χ2v) is 4.31. The lowest BCUT2D eigenvalue weighted by Gasteiger charge is -2.07. The fourth-order valence-corrected chi connectivity index (χ4v) is 1.90. The van der Waals surface area contributed by atoms with Crippen molar-refractivity contribution in [2.45, 2.75) is 6.92 Å². The minimum Gasteiger partial charge on any atom is -0.497 e. The Hall–Kier alpha value is -2.83. The summed E-state index contributed by atoms with van der Waals surface area (Å²) in [5, 5.41) is 11.5. The zero-order valence-electron chi connectivity index (χ0n) is 11.4. The number of aromatic amines is 1. The molecule has 21 heavy (non-hydrogen) atoms. The highest BCUT2D eigenvalue weighted by atomic mass is 19.1. The van der Waals surface area contributed by atoms with E-state index in [0.29, 0.717) is 5.69 Å². The number of rotatable bonds is 4. The molecule has 2 aromatic rings. The molecule has 110 valence electrons. The van der Waals surface area contributed by atoms with Gasteiger partial charge in [-0.25, -0.2) is 9.18 Å². The number of methoxy groups -OCH3 is 1. The van der Waals surface area contributed by atoms with Gasteiger partial charge in [-0.3, -0.25) is 4.79 Å². The van der Waals surface area contributed by atoms with Gasteiger partial charge in [0.05, 0.1) is 18.4 Å². The van der Waals surface area contributed by atoms with E-state index in [1.165, 1.54) is 25.4 Å². The van der Waals surface area contributed by atoms with E-state index in [9.17, 15) is 14.0 Å². The summed E-state index contributed by atoms with van der Waals surface area (Å²) in [7, 11) is 1.39. The van der Waals surface area contributed by atoms with Crippen LogP contribution in [0.5, 0.6) is 5.75 Å². The third-order valence-electron chi connectivity index (χ3n) is 2.96. The van der Waals surface area contributed by atoms with Crippen molar-refractivity contribution in [3.05, 3.63) is 47.0 Å². The molecule has 0 radical (unpaired) electrons. The largest absolute Gasteiger partial charge is 0.497 e. The van der Waals surface area contributed by atoms with Crippen LogP contribution in [0.2, 0.25) is 0 Å². The Labute approximate surface area is 119 Å². The number of carbonyl (C=O) groups is 2. The molecular formula is C14H13FN2O4. The second-order valence-electron chi connectivity index (χ2n) is 4.31. The normalized spacial score (nSPS) is 10.2. The molecule has 0 aliphatic rings. The van der Waals surface area contributed by atoms with E-state index in [2.05, 4.69) is 10.3 Å². The first-order valence-corrected chi connectivity index (χ1v) is 6.00. The molecule has 0 aliphatic carbocycles. The standard InChI is InChI=1S/C14H13FN2O4/c1-7-12(14(19)20)11(6-16-7)17-13(18)9-4-3-8(21-2)5-10(9)15/h3-6,16H,1-2H3,(H,17,18)(H,19,20). The molecule has 0 atom stereocenters. The summed E-state index contributed by atoms with van der Waals surface area (Å²) in [6.07, 6.45) is 1.35. The summed E-state index contributed by atoms with van der Waals surface area (Å²) in [5.41, 5.74) is 0.219. The van der Waals surface area contributed by atoms with E-state index >= 15 is 0 Å². The number of anilines is 1. The smallest absolute Gasteiger partial charge is 0.339 e. The van der Waals surface area contributed by atoms with Crippen molar-refractivity contribution in [2.24, 2.45) is 0 Å². The van der Waals surface area contributed by atoms with Gasteiger partial charge in [-0.15, -0.1) is 0 Å². The van der Waals surface area contributed by atoms with Crippen LogP contribution in [0.1, 0.15) is 26.4 Å². The first kappa shape index (κ1) is 14.6. The van der Waals surface area contributed by atoms with Gasteiger partial charge in [-0.1, -0.05) is 0 Å². The second kappa shape index (κ2) is 5.66. The molecule has 0 saturated carbocycles. The number of aromatic nitrogens is 1. The zero-order chi connectivity index (χ0) is 15.6. The van der Waals surface area contributed by atoms with E-state index in [1.54, 1.807) is 6.92 Å². The van der Waals surface area contributed by atoms with Crippen LogP contribution in [-0.2, 0) is 0 Å². The van der Waals surface area contributed by atoms with E-state index in [0.717, 1.165) is 6.07 Å². The molecule has 2 rings (SSSR count). The van der Waals surface area contributed by atoms with Gasteiger partial charge in [-0.2, -0.15) is 0 Å². The van der Waals surface area contributed by atoms with Gasteiger partial charge >= 0.3 is 5.97 Å². The number of hydrogen-bond donors (Lipinski definition) is 3. The van der Waals surface area contributed by atoms with Gasteiger partial charge < -0.3 is 20.1 Å². The first-order valence-electron chi connectivity index (χ1n) is 6.00. The molecule has 1 amide bonds. The lowest BCUT2D eigenvalue weighted by atomic mass is 10.1. The fraction of sp³-hybridized carbons (Fsp3) is 0.143. The Morgan fingerprint density at radius 2 is 2.10 bits per heavy atom. The average Bonchev–Trinajstić information content (AvgIpc) is 2.79. The average molecular weight is 292 g/mol. The number of aromatic carboxylic acids is 1. The predicted octanol–water partition coefficient (Wildman–Crippen LogP) is 2.42. The summed E-state index contributed by atoms with van der Waals surface area (Å²) in [6.45, 7) is 1.56. The maximum Gasteiger partial charge on any atom is 0.339 e. The molecule has 0 spiro atoms. The highest BCUT2D eigenvalue weighted by Gasteiger charge is 2.19. The van der Waals surface area contributed by atoms with Crippen LogP contribution in [-0.4, -0.2) is 29.1 Å². The van der Waals surface area contributed by atoms with Gasteiger partial charge in [0.15, 0.2) is 0 Å². The van der Waals surface area contributed by atoms with Crippen LogP contribution in [0.15, 0.2) is 24.4 Å². The van der Waals surface area contributed by atoms with Crippen LogP contribution in [0.4, 0.5) is 10.1 Å². The molecule has 0 aliphatic heterocycles. The number of ether oxygens (including phenoxy) is 1. The van der Waals surface area contributed by atoms with Crippen molar-refractivity contribution in [2.75, 3.05) is 12.4 Å². The van der Waals surface area contributed by atoms with Gasteiger partial charge in [0.25, 0.3) is 5.91 Å². The van der Waals surface area contributed by atoms with Crippen LogP contribution in [0, 0.1) is 12.7 Å². The number of hydrogen-bond acceptors (Lipinski definition) is 3. The molecule has 0 saturated heterocycles. The highest BCUT2D eigenvalue weighted by Crippen LogP contribution is 2.21. The Kier molecular flexibility index (Phi) is 3.93. The summed E-state index contributed by atoms with van der Waals surface area (Å²) in [5.74, 6) is -2.39. The van der Waals surface area contributed by atoms with Crippen molar-refractivity contribution >= 4 is 17.6 Å². The molecule has 0 bridgehead atoms. The van der Waals surface area contributed by atoms with E-state index in [1.807, 2.05) is 0 Å². The quantitative estimate of drug-likeness (QED) is 0.807. The van der Waals surface area contributed by atoms with E-state index in [4.69, 9.17) is 9.84 Å². The molecular weight excluding hydrogens is 279 g/mol. The van der Waals surface area contributed by atoms with Gasteiger partial charge in [-0.05, 0) is 19.1 Å². The Bertz CT molecular complexity index is 709. The van der Waals surface area contributed by atoms with Crippen molar-refractivity contribution in [3.63, 3.8) is 0 Å². The maximum absolute atomic E-state index is 13.8. The molecule has 1 aromatic heterocycles. The van der Waals surface area contributed by atoms with Crippen molar-refractivity contribution in [1.82, 2.24) is 4.98 Å². The lowest BCUT2D eigenvalue weighted by Crippen LogP contribution is -2.15. The molecule has 1 aromatic carbocycles. The molecule has 6 nitrogen and oxygen atoms in total. The number of amides is 1. The third-order valence-corrected chi connectivity index (χ3v) is 2.96. The SMILES string of the molecule is COc1ccc(C(=O)Nc2c[nH]c(C)c2C(=O)O)c(F)c1. The van der Waals surface area contributed by atoms with E-state index in [-0.39, 0.29) is 22.6 Å². The Morgan fingerprint density at radius 3 is 2.67 bits per heavy atom. The number of H-pyrrole nitrogens is 1. The number of halogens is 1. The summed E-state index contributed by atoms with van der Waals surface area (Å²) in [6, 6.07) is 3.79. The lowest BCUT2D eigenvalue weighted by molar-refractivity contribution is 0.0697. The van der Waals surface area contributed by atoms with Crippen LogP contribution in [0.3, 0.4) is 0 Å². The van der Waals surface area contributed by atoms with Crippen LogP contribution < -0.4 is 10.1 Å². The molecule has 1 heterocycles. The number of aryl methyl sites for hydroxylation is 1. The van der Waals surface area contributed by atoms with Crippen molar-refractivity contribution in [3.8, 4) is 5.75 Å². The fourth-order valence-electron chi connectivity index (χ4n) is 1.90.